The summed E-state index contributed by atoms with van der Waals surface area (Å²) >= 11 is 0. The Morgan fingerprint density at radius 1 is 1.05 bits per heavy atom. The Labute approximate surface area is 116 Å². The number of hydrogen-bond acceptors (Lipinski definition) is 2. The normalized spacial score (nSPS) is 20.8. The zero-order valence-corrected chi connectivity index (χ0v) is 11.1. The molecular weight excluding hydrogens is 260 g/mol. The quantitative estimate of drug-likeness (QED) is 0.915. The Balaban J connectivity index is 1.84. The number of aromatic nitrogens is 2. The second kappa shape index (κ2) is 4.66. The van der Waals surface area contributed by atoms with E-state index >= 15 is 0 Å². The summed E-state index contributed by atoms with van der Waals surface area (Å²) in [6.07, 6.45) is 3.82. The molecule has 0 spiro atoms. The maximum atomic E-state index is 13.3. The maximum Gasteiger partial charge on any atom is 0.248 e. The lowest BCUT2D eigenvalue weighted by Gasteiger charge is -2.36. The minimum Gasteiger partial charge on any atom is -0.321 e. The number of hydrogen-bond donors (Lipinski definition) is 1. The van der Waals surface area contributed by atoms with Gasteiger partial charge in [-0.2, -0.15) is 5.10 Å². The first-order chi connectivity index (χ1) is 9.49. The van der Waals surface area contributed by atoms with Gasteiger partial charge in [0.2, 0.25) is 5.92 Å². The molecule has 0 amide bonds. The van der Waals surface area contributed by atoms with Crippen molar-refractivity contribution in [2.45, 2.75) is 37.1 Å². The van der Waals surface area contributed by atoms with E-state index in [0.717, 1.165) is 11.3 Å². The van der Waals surface area contributed by atoms with Crippen molar-refractivity contribution >= 4 is 0 Å². The average molecular weight is 277 g/mol. The molecule has 1 aliphatic rings. The molecule has 106 valence electrons. The van der Waals surface area contributed by atoms with Crippen LogP contribution in [0.1, 0.15) is 31.2 Å². The van der Waals surface area contributed by atoms with Crippen LogP contribution in [0.3, 0.4) is 0 Å². The van der Waals surface area contributed by atoms with Crippen molar-refractivity contribution in [1.82, 2.24) is 9.78 Å². The van der Waals surface area contributed by atoms with E-state index in [1.54, 1.807) is 10.9 Å². The van der Waals surface area contributed by atoms with Crippen LogP contribution in [0.2, 0.25) is 0 Å². The lowest BCUT2D eigenvalue weighted by atomic mass is 9.77. The molecule has 2 N–H and O–H groups in total. The van der Waals surface area contributed by atoms with Gasteiger partial charge in [0.25, 0.3) is 0 Å². The van der Waals surface area contributed by atoms with Crippen LogP contribution in [0.15, 0.2) is 42.7 Å². The van der Waals surface area contributed by atoms with Crippen LogP contribution in [0, 0.1) is 0 Å². The lowest BCUT2D eigenvalue weighted by molar-refractivity contribution is -0.0514. The first kappa shape index (κ1) is 13.2. The Bertz CT molecular complexity index is 582. The third-order valence-electron chi connectivity index (χ3n) is 4.05. The SMILES string of the molecule is NC1(c2cnn(-c3ccccc3)c2)CCC(F)(F)CC1. The minimum atomic E-state index is -2.57. The van der Waals surface area contributed by atoms with E-state index < -0.39 is 11.5 Å². The van der Waals surface area contributed by atoms with Crippen molar-refractivity contribution in [2.24, 2.45) is 5.73 Å². The number of para-hydroxylation sites is 1. The van der Waals surface area contributed by atoms with Gasteiger partial charge in [-0.3, -0.25) is 0 Å². The summed E-state index contributed by atoms with van der Waals surface area (Å²) in [6, 6.07) is 9.66. The van der Waals surface area contributed by atoms with E-state index in [2.05, 4.69) is 5.10 Å². The van der Waals surface area contributed by atoms with Gasteiger partial charge in [-0.05, 0) is 25.0 Å². The van der Waals surface area contributed by atoms with Crippen LogP contribution < -0.4 is 5.73 Å². The van der Waals surface area contributed by atoms with Gasteiger partial charge in [0, 0.05) is 30.1 Å². The minimum absolute atomic E-state index is 0.153. The molecular formula is C15H17F2N3. The highest BCUT2D eigenvalue weighted by atomic mass is 19.3. The van der Waals surface area contributed by atoms with Crippen LogP contribution in [0.25, 0.3) is 5.69 Å². The molecule has 0 aliphatic heterocycles. The van der Waals surface area contributed by atoms with Gasteiger partial charge < -0.3 is 5.73 Å². The molecule has 0 atom stereocenters. The molecule has 1 aromatic heterocycles. The lowest BCUT2D eigenvalue weighted by Crippen LogP contribution is -2.43. The van der Waals surface area contributed by atoms with Gasteiger partial charge in [-0.25, -0.2) is 13.5 Å². The van der Waals surface area contributed by atoms with Crippen LogP contribution in [-0.2, 0) is 5.54 Å². The first-order valence-electron chi connectivity index (χ1n) is 6.76. The zero-order valence-electron chi connectivity index (χ0n) is 11.1. The summed E-state index contributed by atoms with van der Waals surface area (Å²) in [6.45, 7) is 0. The number of halogens is 2. The van der Waals surface area contributed by atoms with Crippen LogP contribution in [0.4, 0.5) is 8.78 Å². The number of rotatable bonds is 2. The van der Waals surface area contributed by atoms with Gasteiger partial charge in [0.15, 0.2) is 0 Å². The highest BCUT2D eigenvalue weighted by Gasteiger charge is 2.42. The summed E-state index contributed by atoms with van der Waals surface area (Å²) < 4.78 is 28.2. The van der Waals surface area contributed by atoms with E-state index in [9.17, 15) is 8.78 Å². The predicted molar refractivity (Wildman–Crippen MR) is 72.8 cm³/mol. The molecule has 5 heteroatoms. The largest absolute Gasteiger partial charge is 0.321 e. The van der Waals surface area contributed by atoms with E-state index in [1.165, 1.54) is 0 Å². The smallest absolute Gasteiger partial charge is 0.248 e. The van der Waals surface area contributed by atoms with E-state index in [0.29, 0.717) is 12.8 Å². The summed E-state index contributed by atoms with van der Waals surface area (Å²) in [7, 11) is 0. The standard InChI is InChI=1S/C15H17F2N3/c16-15(17)8-6-14(18,7-9-15)12-10-19-20(11-12)13-4-2-1-3-5-13/h1-5,10-11H,6-9,18H2. The van der Waals surface area contributed by atoms with E-state index in [1.807, 2.05) is 36.5 Å². The molecule has 0 saturated heterocycles. The van der Waals surface area contributed by atoms with Gasteiger partial charge in [-0.1, -0.05) is 18.2 Å². The van der Waals surface area contributed by atoms with E-state index in [4.69, 9.17) is 5.73 Å². The molecule has 0 bridgehead atoms. The Kier molecular flexibility index (Phi) is 3.09. The summed E-state index contributed by atoms with van der Waals surface area (Å²) in [5, 5.41) is 4.29. The molecule has 1 aliphatic carbocycles. The third-order valence-corrected chi connectivity index (χ3v) is 4.05. The second-order valence-electron chi connectivity index (χ2n) is 5.52. The molecule has 20 heavy (non-hydrogen) atoms. The molecule has 1 heterocycles. The number of alkyl halides is 2. The van der Waals surface area contributed by atoms with Crippen LogP contribution in [-0.4, -0.2) is 15.7 Å². The molecule has 3 rings (SSSR count). The van der Waals surface area contributed by atoms with Gasteiger partial charge >= 0.3 is 0 Å². The van der Waals surface area contributed by atoms with Crippen molar-refractivity contribution in [3.05, 3.63) is 48.3 Å². The summed E-state index contributed by atoms with van der Waals surface area (Å²) in [5.41, 5.74) is 7.38. The average Bonchev–Trinajstić information content (AvgIpc) is 2.94. The Hall–Kier alpha value is -1.75. The summed E-state index contributed by atoms with van der Waals surface area (Å²) in [5.74, 6) is -2.57. The van der Waals surface area contributed by atoms with Gasteiger partial charge in [0.05, 0.1) is 11.9 Å². The number of nitrogens with two attached hydrogens (primary N) is 1. The fraction of sp³-hybridized carbons (Fsp3) is 0.400. The fourth-order valence-corrected chi connectivity index (χ4v) is 2.65. The number of nitrogens with zero attached hydrogens (tertiary/aromatic N) is 2. The van der Waals surface area contributed by atoms with Gasteiger partial charge in [0.1, 0.15) is 0 Å². The molecule has 0 radical (unpaired) electrons. The maximum absolute atomic E-state index is 13.3. The van der Waals surface area contributed by atoms with Crippen LogP contribution >= 0.6 is 0 Å². The molecule has 0 unspecified atom stereocenters. The Morgan fingerprint density at radius 2 is 1.70 bits per heavy atom. The third kappa shape index (κ3) is 2.45. The topological polar surface area (TPSA) is 43.8 Å². The zero-order chi connectivity index (χ0) is 14.2. The molecule has 1 saturated carbocycles. The predicted octanol–water partition coefficient (Wildman–Crippen LogP) is 3.24. The molecule has 3 nitrogen and oxygen atoms in total. The monoisotopic (exact) mass is 277 g/mol. The van der Waals surface area contributed by atoms with Crippen molar-refractivity contribution in [3.8, 4) is 5.69 Å². The first-order valence-corrected chi connectivity index (χ1v) is 6.76. The summed E-state index contributed by atoms with van der Waals surface area (Å²) in [4.78, 5) is 0. The fourth-order valence-electron chi connectivity index (χ4n) is 2.65. The van der Waals surface area contributed by atoms with Crippen LogP contribution in [0.5, 0.6) is 0 Å². The number of benzene rings is 1. The highest BCUT2D eigenvalue weighted by Crippen LogP contribution is 2.42. The molecule has 1 aromatic carbocycles. The highest BCUT2D eigenvalue weighted by molar-refractivity contribution is 5.32. The van der Waals surface area contributed by atoms with Crippen molar-refractivity contribution in [2.75, 3.05) is 0 Å². The van der Waals surface area contributed by atoms with Crippen molar-refractivity contribution < 1.29 is 8.78 Å². The van der Waals surface area contributed by atoms with E-state index in [-0.39, 0.29) is 12.8 Å². The van der Waals surface area contributed by atoms with Gasteiger partial charge in [-0.15, -0.1) is 0 Å². The Morgan fingerprint density at radius 3 is 2.35 bits per heavy atom. The second-order valence-corrected chi connectivity index (χ2v) is 5.52. The molecule has 2 aromatic rings. The van der Waals surface area contributed by atoms with Crippen molar-refractivity contribution in [3.63, 3.8) is 0 Å². The van der Waals surface area contributed by atoms with Crippen molar-refractivity contribution in [1.29, 1.82) is 0 Å². The molecule has 1 fully saturated rings.